The van der Waals surface area contributed by atoms with Crippen LogP contribution in [0.2, 0.25) is 0 Å². The molecule has 4 rings (SSSR count). The summed E-state index contributed by atoms with van der Waals surface area (Å²) in [6.07, 6.45) is 0.310. The highest BCUT2D eigenvalue weighted by Crippen LogP contribution is 2.21. The van der Waals surface area contributed by atoms with E-state index in [9.17, 15) is 17.2 Å². The molecule has 2 heterocycles. The Hall–Kier alpha value is -2.63. The molecule has 11 heteroatoms. The molecule has 0 spiro atoms. The fourth-order valence-electron chi connectivity index (χ4n) is 3.01. The van der Waals surface area contributed by atoms with E-state index in [2.05, 4.69) is 10.3 Å². The van der Waals surface area contributed by atoms with Crippen molar-refractivity contribution in [2.45, 2.75) is 11.3 Å². The third-order valence-electron chi connectivity index (χ3n) is 4.58. The monoisotopic (exact) mass is 424 g/mol. The normalized spacial score (nSPS) is 15.7. The molecule has 0 unspecified atom stereocenters. The van der Waals surface area contributed by atoms with Crippen molar-refractivity contribution >= 4 is 21.1 Å². The summed E-state index contributed by atoms with van der Waals surface area (Å²) in [6.45, 7) is 1.41. The number of aromatic nitrogens is 3. The highest BCUT2D eigenvalue weighted by atomic mass is 32.2. The van der Waals surface area contributed by atoms with E-state index in [0.29, 0.717) is 49.3 Å². The lowest BCUT2D eigenvalue weighted by Crippen LogP contribution is -2.40. The number of morpholine rings is 1. The van der Waals surface area contributed by atoms with Crippen LogP contribution in [-0.4, -0.2) is 60.8 Å². The van der Waals surface area contributed by atoms with Crippen molar-refractivity contribution in [3.05, 3.63) is 53.6 Å². The van der Waals surface area contributed by atoms with Gasteiger partial charge in [-0.05, 0) is 41.1 Å². The van der Waals surface area contributed by atoms with E-state index in [-0.39, 0.29) is 11.5 Å². The number of benzene rings is 2. The average molecular weight is 424 g/mol. The molecule has 0 amide bonds. The van der Waals surface area contributed by atoms with E-state index in [0.717, 1.165) is 17.0 Å². The molecule has 1 aromatic heterocycles. The minimum Gasteiger partial charge on any atom is -0.395 e. The van der Waals surface area contributed by atoms with Crippen LogP contribution in [0.3, 0.4) is 0 Å². The van der Waals surface area contributed by atoms with Gasteiger partial charge in [0, 0.05) is 19.5 Å². The van der Waals surface area contributed by atoms with Crippen molar-refractivity contribution in [2.75, 3.05) is 32.9 Å². The van der Waals surface area contributed by atoms with Gasteiger partial charge in [-0.1, -0.05) is 10.9 Å². The van der Waals surface area contributed by atoms with Crippen LogP contribution in [0.1, 0.15) is 5.56 Å². The summed E-state index contributed by atoms with van der Waals surface area (Å²) in [6, 6.07) is 8.12. The Labute approximate surface area is 165 Å². The van der Waals surface area contributed by atoms with Gasteiger partial charge in [0.2, 0.25) is 10.0 Å². The topological polar surface area (TPSA) is 86.5 Å². The Morgan fingerprint density at radius 2 is 1.86 bits per heavy atom. The molecule has 2 aromatic carbocycles. The quantitative estimate of drug-likeness (QED) is 0.595. The molecular weight excluding hydrogens is 406 g/mol. The maximum Gasteiger partial charge on any atom is 0.243 e. The van der Waals surface area contributed by atoms with Crippen LogP contribution < -0.4 is 4.84 Å². The number of ether oxygens (including phenoxy) is 1. The molecule has 8 nitrogen and oxygen atoms in total. The zero-order valence-corrected chi connectivity index (χ0v) is 16.1. The molecule has 3 aromatic rings. The predicted molar refractivity (Wildman–Crippen MR) is 98.6 cm³/mol. The second-order valence-corrected chi connectivity index (χ2v) is 8.40. The van der Waals surface area contributed by atoms with E-state index < -0.39 is 21.7 Å². The highest BCUT2D eigenvalue weighted by molar-refractivity contribution is 7.89. The van der Waals surface area contributed by atoms with Gasteiger partial charge >= 0.3 is 0 Å². The first-order chi connectivity index (χ1) is 13.9. The third-order valence-corrected chi connectivity index (χ3v) is 6.48. The Balaban J connectivity index is 1.51. The Kier molecular flexibility index (Phi) is 5.43. The SMILES string of the molecule is O=S(=O)(c1ccc2nnn(OCCc3ccc(F)c(F)c3)c2c1)N1CCOCC1. The lowest BCUT2D eigenvalue weighted by molar-refractivity contribution is 0.0730. The first-order valence-electron chi connectivity index (χ1n) is 8.96. The summed E-state index contributed by atoms with van der Waals surface area (Å²) in [7, 11) is -3.67. The molecule has 0 N–H and O–H groups in total. The van der Waals surface area contributed by atoms with E-state index in [1.54, 1.807) is 6.07 Å². The van der Waals surface area contributed by atoms with Crippen LogP contribution in [0.5, 0.6) is 0 Å². The summed E-state index contributed by atoms with van der Waals surface area (Å²) in [4.78, 5) is 6.79. The number of halogens is 2. The molecule has 1 aliphatic heterocycles. The van der Waals surface area contributed by atoms with Gasteiger partial charge < -0.3 is 9.57 Å². The van der Waals surface area contributed by atoms with Crippen molar-refractivity contribution < 1.29 is 26.8 Å². The molecule has 0 bridgehead atoms. The van der Waals surface area contributed by atoms with E-state index in [4.69, 9.17) is 9.57 Å². The first-order valence-corrected chi connectivity index (χ1v) is 10.4. The standard InChI is InChI=1S/C18H18F2N4O4S/c19-15-3-1-13(11-16(15)20)5-8-28-24-18-12-14(2-4-17(18)21-22-24)29(25,26)23-6-9-27-10-7-23/h1-4,11-12H,5-10H2. The zero-order chi connectivity index (χ0) is 20.4. The van der Waals surface area contributed by atoms with Crippen molar-refractivity contribution in [1.82, 2.24) is 19.5 Å². The Morgan fingerprint density at radius 1 is 1.07 bits per heavy atom. The number of nitrogens with zero attached hydrogens (tertiary/aromatic N) is 4. The number of hydrogen-bond donors (Lipinski definition) is 0. The van der Waals surface area contributed by atoms with E-state index in [1.165, 1.54) is 22.5 Å². The minimum absolute atomic E-state index is 0.111. The molecule has 29 heavy (non-hydrogen) atoms. The number of sulfonamides is 1. The van der Waals surface area contributed by atoms with E-state index in [1.807, 2.05) is 0 Å². The molecule has 1 aliphatic rings. The van der Waals surface area contributed by atoms with Crippen molar-refractivity contribution in [3.8, 4) is 0 Å². The largest absolute Gasteiger partial charge is 0.395 e. The first kappa shape index (κ1) is 19.7. The molecule has 0 saturated carbocycles. The maximum absolute atomic E-state index is 13.3. The van der Waals surface area contributed by atoms with Gasteiger partial charge in [0.1, 0.15) is 17.6 Å². The van der Waals surface area contributed by atoms with Crippen molar-refractivity contribution in [2.24, 2.45) is 0 Å². The van der Waals surface area contributed by atoms with Crippen molar-refractivity contribution in [3.63, 3.8) is 0 Å². The predicted octanol–water partition coefficient (Wildman–Crippen LogP) is 1.40. The van der Waals surface area contributed by atoms with Gasteiger partial charge in [-0.15, -0.1) is 5.10 Å². The van der Waals surface area contributed by atoms with Crippen LogP contribution in [-0.2, 0) is 21.2 Å². The lowest BCUT2D eigenvalue weighted by Gasteiger charge is -2.26. The number of hydrogen-bond acceptors (Lipinski definition) is 6. The molecular formula is C18H18F2N4O4S. The Bertz CT molecular complexity index is 1130. The smallest absolute Gasteiger partial charge is 0.243 e. The fourth-order valence-corrected chi connectivity index (χ4v) is 4.44. The van der Waals surface area contributed by atoms with Gasteiger partial charge in [0.15, 0.2) is 11.6 Å². The van der Waals surface area contributed by atoms with Gasteiger partial charge in [0.05, 0.1) is 18.1 Å². The summed E-state index contributed by atoms with van der Waals surface area (Å²) in [5.41, 5.74) is 1.42. The van der Waals surface area contributed by atoms with Crippen LogP contribution in [0.15, 0.2) is 41.3 Å². The van der Waals surface area contributed by atoms with E-state index >= 15 is 0 Å². The number of fused-ring (bicyclic) bond motifs is 1. The Morgan fingerprint density at radius 3 is 2.62 bits per heavy atom. The second-order valence-electron chi connectivity index (χ2n) is 6.46. The summed E-state index contributed by atoms with van der Waals surface area (Å²) in [5, 5.41) is 7.83. The van der Waals surface area contributed by atoms with Crippen LogP contribution in [0.4, 0.5) is 8.78 Å². The van der Waals surface area contributed by atoms with Crippen LogP contribution in [0.25, 0.3) is 11.0 Å². The zero-order valence-electron chi connectivity index (χ0n) is 15.3. The van der Waals surface area contributed by atoms with Crippen molar-refractivity contribution in [1.29, 1.82) is 0 Å². The highest BCUT2D eigenvalue weighted by Gasteiger charge is 2.27. The summed E-state index contributed by atoms with van der Waals surface area (Å²) >= 11 is 0. The van der Waals surface area contributed by atoms with Gasteiger partial charge in [0.25, 0.3) is 0 Å². The molecule has 1 saturated heterocycles. The number of rotatable bonds is 6. The maximum atomic E-state index is 13.3. The van der Waals surface area contributed by atoms with Gasteiger partial charge in [-0.25, -0.2) is 17.2 Å². The fraction of sp³-hybridized carbons (Fsp3) is 0.333. The minimum atomic E-state index is -3.67. The summed E-state index contributed by atoms with van der Waals surface area (Å²) < 4.78 is 58.5. The molecule has 0 aliphatic carbocycles. The van der Waals surface area contributed by atoms with Gasteiger partial charge in [-0.2, -0.15) is 4.31 Å². The molecule has 0 atom stereocenters. The molecule has 0 radical (unpaired) electrons. The van der Waals surface area contributed by atoms with Gasteiger partial charge in [-0.3, -0.25) is 0 Å². The van der Waals surface area contributed by atoms with Crippen LogP contribution in [0, 0.1) is 11.6 Å². The molecule has 1 fully saturated rings. The lowest BCUT2D eigenvalue weighted by atomic mass is 10.1. The summed E-state index contributed by atoms with van der Waals surface area (Å²) in [5.74, 6) is -1.84. The third kappa shape index (κ3) is 4.07. The second kappa shape index (κ2) is 8.01. The van der Waals surface area contributed by atoms with Crippen LogP contribution >= 0.6 is 0 Å². The average Bonchev–Trinajstić information content (AvgIpc) is 3.14. The molecule has 154 valence electrons.